The molecule has 0 atom stereocenters. The first-order valence-electron chi connectivity index (χ1n) is 7.10. The van der Waals surface area contributed by atoms with Gasteiger partial charge in [-0.1, -0.05) is 12.1 Å². The van der Waals surface area contributed by atoms with Gasteiger partial charge >= 0.3 is 6.18 Å². The summed E-state index contributed by atoms with van der Waals surface area (Å²) >= 11 is 5.02. The summed E-state index contributed by atoms with van der Waals surface area (Å²) in [6.07, 6.45) is -2.55. The first kappa shape index (κ1) is 18.0. The Hall–Kier alpha value is -2.35. The van der Waals surface area contributed by atoms with E-state index in [2.05, 4.69) is 15.6 Å². The number of hydrogen-bond donors (Lipinski definition) is 2. The molecule has 0 radical (unpaired) electrons. The maximum absolute atomic E-state index is 12.9. The fourth-order valence-corrected chi connectivity index (χ4v) is 2.20. The van der Waals surface area contributed by atoms with E-state index in [0.717, 1.165) is 17.4 Å². The fourth-order valence-electron chi connectivity index (χ4n) is 2.00. The Morgan fingerprint density at radius 1 is 1.21 bits per heavy atom. The Morgan fingerprint density at radius 3 is 2.54 bits per heavy atom. The third-order valence-corrected chi connectivity index (χ3v) is 3.45. The molecule has 0 fully saturated rings. The van der Waals surface area contributed by atoms with Gasteiger partial charge in [0.1, 0.15) is 11.6 Å². The van der Waals surface area contributed by atoms with Crippen molar-refractivity contribution in [3.63, 3.8) is 0 Å². The third kappa shape index (κ3) is 5.09. The summed E-state index contributed by atoms with van der Waals surface area (Å²) in [6, 6.07) is 9.70. The van der Waals surface area contributed by atoms with Crippen molar-refractivity contribution in [3.05, 3.63) is 53.7 Å². The van der Waals surface area contributed by atoms with E-state index in [9.17, 15) is 13.2 Å². The van der Waals surface area contributed by atoms with Gasteiger partial charge < -0.3 is 15.4 Å². The number of hydrogen-bond acceptors (Lipinski definition) is 3. The van der Waals surface area contributed by atoms with Crippen molar-refractivity contribution in [1.82, 2.24) is 10.3 Å². The summed E-state index contributed by atoms with van der Waals surface area (Å²) in [6.45, 7) is 0.479. The molecule has 4 nitrogen and oxygen atoms in total. The summed E-state index contributed by atoms with van der Waals surface area (Å²) in [4.78, 5) is 3.70. The average molecular weight is 355 g/mol. The SMILES string of the molecule is COc1ccc(CCNC(=S)Nc2ncccc2C(F)(F)F)cc1. The number of methoxy groups -OCH3 is 1. The Labute approximate surface area is 143 Å². The highest BCUT2D eigenvalue weighted by Gasteiger charge is 2.34. The lowest BCUT2D eigenvalue weighted by atomic mass is 10.1. The van der Waals surface area contributed by atoms with Crippen LogP contribution in [0, 0.1) is 0 Å². The van der Waals surface area contributed by atoms with E-state index < -0.39 is 11.7 Å². The van der Waals surface area contributed by atoms with Crippen LogP contribution in [0.15, 0.2) is 42.6 Å². The third-order valence-electron chi connectivity index (χ3n) is 3.20. The number of rotatable bonds is 5. The molecule has 2 rings (SSSR count). The molecular formula is C16H16F3N3OS. The standard InChI is InChI=1S/C16H16F3N3OS/c1-23-12-6-4-11(5-7-12)8-10-21-15(24)22-14-13(16(17,18)19)3-2-9-20-14/h2-7,9H,8,10H2,1H3,(H2,20,21,22,24). The summed E-state index contributed by atoms with van der Waals surface area (Å²) in [7, 11) is 1.59. The Kier molecular flexibility index (Phi) is 5.97. The first-order chi connectivity index (χ1) is 11.4. The molecule has 8 heteroatoms. The largest absolute Gasteiger partial charge is 0.497 e. The van der Waals surface area contributed by atoms with Crippen molar-refractivity contribution < 1.29 is 17.9 Å². The van der Waals surface area contributed by atoms with Gasteiger partial charge in [-0.3, -0.25) is 0 Å². The maximum Gasteiger partial charge on any atom is 0.419 e. The molecule has 0 saturated heterocycles. The molecule has 128 valence electrons. The minimum absolute atomic E-state index is 0.0905. The van der Waals surface area contributed by atoms with Crippen LogP contribution >= 0.6 is 12.2 Å². The van der Waals surface area contributed by atoms with Gasteiger partial charge in [0.2, 0.25) is 0 Å². The lowest BCUT2D eigenvalue weighted by Crippen LogP contribution is -2.31. The normalized spacial score (nSPS) is 11.0. The van der Waals surface area contributed by atoms with Crippen LogP contribution in [0.3, 0.4) is 0 Å². The number of nitrogens with zero attached hydrogens (tertiary/aromatic N) is 1. The summed E-state index contributed by atoms with van der Waals surface area (Å²) < 4.78 is 43.7. The van der Waals surface area contributed by atoms with Gasteiger partial charge in [0.05, 0.1) is 12.7 Å². The van der Waals surface area contributed by atoms with Gasteiger partial charge in [0, 0.05) is 12.7 Å². The average Bonchev–Trinajstić information content (AvgIpc) is 2.55. The highest BCUT2D eigenvalue weighted by molar-refractivity contribution is 7.80. The molecule has 0 unspecified atom stereocenters. The van der Waals surface area contributed by atoms with Gasteiger partial charge in [-0.15, -0.1) is 0 Å². The molecular weight excluding hydrogens is 339 g/mol. The monoisotopic (exact) mass is 355 g/mol. The molecule has 24 heavy (non-hydrogen) atoms. The lowest BCUT2D eigenvalue weighted by Gasteiger charge is -2.14. The number of ether oxygens (including phenoxy) is 1. The van der Waals surface area contributed by atoms with E-state index in [-0.39, 0.29) is 10.9 Å². The van der Waals surface area contributed by atoms with E-state index in [4.69, 9.17) is 17.0 Å². The number of aromatic nitrogens is 1. The van der Waals surface area contributed by atoms with Crippen molar-refractivity contribution in [2.24, 2.45) is 0 Å². The Balaban J connectivity index is 1.87. The number of anilines is 1. The zero-order valence-electron chi connectivity index (χ0n) is 12.9. The minimum atomic E-state index is -4.49. The quantitative estimate of drug-likeness (QED) is 0.802. The van der Waals surface area contributed by atoms with Crippen molar-refractivity contribution in [2.45, 2.75) is 12.6 Å². The van der Waals surface area contributed by atoms with Crippen LogP contribution in [0.1, 0.15) is 11.1 Å². The van der Waals surface area contributed by atoms with Gasteiger partial charge in [-0.25, -0.2) is 4.98 Å². The number of halogens is 3. The highest BCUT2D eigenvalue weighted by Crippen LogP contribution is 2.33. The lowest BCUT2D eigenvalue weighted by molar-refractivity contribution is -0.137. The van der Waals surface area contributed by atoms with Crippen molar-refractivity contribution in [3.8, 4) is 5.75 Å². The van der Waals surface area contributed by atoms with Crippen LogP contribution in [0.25, 0.3) is 0 Å². The van der Waals surface area contributed by atoms with Crippen molar-refractivity contribution in [1.29, 1.82) is 0 Å². The maximum atomic E-state index is 12.9. The summed E-state index contributed by atoms with van der Waals surface area (Å²) in [5.41, 5.74) is 0.198. The van der Waals surface area contributed by atoms with Crippen LogP contribution in [-0.2, 0) is 12.6 Å². The van der Waals surface area contributed by atoms with E-state index in [0.29, 0.717) is 13.0 Å². The second-order valence-electron chi connectivity index (χ2n) is 4.88. The Bertz CT molecular complexity index is 690. The molecule has 0 bridgehead atoms. The highest BCUT2D eigenvalue weighted by atomic mass is 32.1. The molecule has 0 aliphatic rings. The van der Waals surface area contributed by atoms with E-state index >= 15 is 0 Å². The van der Waals surface area contributed by atoms with E-state index in [1.54, 1.807) is 7.11 Å². The topological polar surface area (TPSA) is 46.2 Å². The predicted octanol–water partition coefficient (Wildman–Crippen LogP) is 3.64. The van der Waals surface area contributed by atoms with E-state index in [1.165, 1.54) is 12.3 Å². The second-order valence-corrected chi connectivity index (χ2v) is 5.28. The molecule has 0 aliphatic heterocycles. The smallest absolute Gasteiger partial charge is 0.419 e. The number of nitrogens with one attached hydrogen (secondary N) is 2. The predicted molar refractivity (Wildman–Crippen MR) is 90.2 cm³/mol. The van der Waals surface area contributed by atoms with Crippen LogP contribution in [0.4, 0.5) is 19.0 Å². The van der Waals surface area contributed by atoms with Gasteiger partial charge in [0.25, 0.3) is 0 Å². The van der Waals surface area contributed by atoms with Crippen LogP contribution < -0.4 is 15.4 Å². The Morgan fingerprint density at radius 2 is 1.92 bits per heavy atom. The van der Waals surface area contributed by atoms with Gasteiger partial charge in [0.15, 0.2) is 5.11 Å². The molecule has 0 amide bonds. The number of thiocarbonyl (C=S) groups is 1. The van der Waals surface area contributed by atoms with Gasteiger partial charge in [-0.05, 0) is 48.5 Å². The summed E-state index contributed by atoms with van der Waals surface area (Å²) in [5, 5.41) is 5.45. The molecule has 0 aliphatic carbocycles. The zero-order chi connectivity index (χ0) is 17.6. The minimum Gasteiger partial charge on any atom is -0.497 e. The number of benzene rings is 1. The number of alkyl halides is 3. The van der Waals surface area contributed by atoms with Crippen molar-refractivity contribution >= 4 is 23.1 Å². The van der Waals surface area contributed by atoms with Crippen molar-refractivity contribution in [2.75, 3.05) is 19.0 Å². The molecule has 2 N–H and O–H groups in total. The number of pyridine rings is 1. The molecule has 0 spiro atoms. The molecule has 1 heterocycles. The second kappa shape index (κ2) is 7.96. The summed E-state index contributed by atoms with van der Waals surface area (Å²) in [5.74, 6) is 0.450. The van der Waals surface area contributed by atoms with Crippen LogP contribution in [-0.4, -0.2) is 23.8 Å². The molecule has 1 aromatic heterocycles. The molecule has 2 aromatic rings. The zero-order valence-corrected chi connectivity index (χ0v) is 13.7. The molecule has 1 aromatic carbocycles. The van der Waals surface area contributed by atoms with Crippen LogP contribution in [0.2, 0.25) is 0 Å². The van der Waals surface area contributed by atoms with Crippen LogP contribution in [0.5, 0.6) is 5.75 Å². The van der Waals surface area contributed by atoms with E-state index in [1.807, 2.05) is 24.3 Å². The first-order valence-corrected chi connectivity index (χ1v) is 7.51. The van der Waals surface area contributed by atoms with Gasteiger partial charge in [-0.2, -0.15) is 13.2 Å². The molecule has 0 saturated carbocycles. The fraction of sp³-hybridized carbons (Fsp3) is 0.250.